The van der Waals surface area contributed by atoms with Crippen molar-refractivity contribution in [2.75, 3.05) is 14.2 Å². The van der Waals surface area contributed by atoms with Crippen LogP contribution in [-0.4, -0.2) is 25.1 Å². The predicted molar refractivity (Wildman–Crippen MR) is 68.1 cm³/mol. The zero-order valence-electron chi connectivity index (χ0n) is 10.5. The number of amides is 1. The molecule has 0 saturated heterocycles. The van der Waals surface area contributed by atoms with Crippen LogP contribution >= 0.6 is 0 Å². The molecule has 5 nitrogen and oxygen atoms in total. The van der Waals surface area contributed by atoms with Crippen molar-refractivity contribution in [2.24, 2.45) is 5.73 Å². The number of primary amides is 1. The average Bonchev–Trinajstić information content (AvgIpc) is 2.35. The van der Waals surface area contributed by atoms with E-state index in [1.54, 1.807) is 32.4 Å². The lowest BCUT2D eigenvalue weighted by Gasteiger charge is -2.12. The lowest BCUT2D eigenvalue weighted by atomic mass is 10.1. The standard InChI is InChI=1S/C13H14N2O3/c1-7-6-10(18-3)11-8(13(14)16)4-5-9(17-2)12(11)15-7/h4-6H,1-3H3,(H2,14,16). The molecule has 18 heavy (non-hydrogen) atoms. The zero-order chi connectivity index (χ0) is 13.3. The molecule has 0 aliphatic rings. The van der Waals surface area contributed by atoms with Crippen molar-refractivity contribution >= 4 is 16.8 Å². The Labute approximate surface area is 105 Å². The van der Waals surface area contributed by atoms with E-state index in [0.29, 0.717) is 28.0 Å². The molecule has 1 aromatic carbocycles. The Kier molecular flexibility index (Phi) is 3.06. The van der Waals surface area contributed by atoms with Crippen LogP contribution in [-0.2, 0) is 0 Å². The first-order chi connectivity index (χ1) is 8.58. The Bertz CT molecular complexity index is 623. The molecule has 0 fully saturated rings. The average molecular weight is 246 g/mol. The van der Waals surface area contributed by atoms with Gasteiger partial charge in [-0.25, -0.2) is 4.98 Å². The second-order valence-electron chi connectivity index (χ2n) is 3.87. The molecule has 2 aromatic rings. The molecule has 5 heteroatoms. The molecule has 0 bridgehead atoms. The number of methoxy groups -OCH3 is 2. The number of hydrogen-bond acceptors (Lipinski definition) is 4. The van der Waals surface area contributed by atoms with Crippen LogP contribution in [0.4, 0.5) is 0 Å². The van der Waals surface area contributed by atoms with E-state index in [0.717, 1.165) is 5.69 Å². The minimum Gasteiger partial charge on any atom is -0.496 e. The Morgan fingerprint density at radius 3 is 2.44 bits per heavy atom. The number of ether oxygens (including phenoxy) is 2. The van der Waals surface area contributed by atoms with Gasteiger partial charge in [0.05, 0.1) is 25.2 Å². The number of rotatable bonds is 3. The molecule has 1 heterocycles. The van der Waals surface area contributed by atoms with Gasteiger partial charge in [0, 0.05) is 11.8 Å². The highest BCUT2D eigenvalue weighted by Gasteiger charge is 2.16. The summed E-state index contributed by atoms with van der Waals surface area (Å²) in [6.07, 6.45) is 0. The quantitative estimate of drug-likeness (QED) is 0.893. The van der Waals surface area contributed by atoms with E-state index < -0.39 is 5.91 Å². The van der Waals surface area contributed by atoms with Crippen LogP contribution in [0, 0.1) is 6.92 Å². The summed E-state index contributed by atoms with van der Waals surface area (Å²) in [5.74, 6) is 0.619. The van der Waals surface area contributed by atoms with Gasteiger partial charge in [-0.2, -0.15) is 0 Å². The number of nitrogens with two attached hydrogens (primary N) is 1. The molecule has 2 N–H and O–H groups in total. The van der Waals surface area contributed by atoms with Crippen molar-refractivity contribution in [3.63, 3.8) is 0 Å². The Morgan fingerprint density at radius 2 is 1.89 bits per heavy atom. The highest BCUT2D eigenvalue weighted by atomic mass is 16.5. The summed E-state index contributed by atoms with van der Waals surface area (Å²) >= 11 is 0. The molecular weight excluding hydrogens is 232 g/mol. The molecular formula is C13H14N2O3. The van der Waals surface area contributed by atoms with Gasteiger partial charge in [-0.3, -0.25) is 4.79 Å². The van der Waals surface area contributed by atoms with E-state index in [9.17, 15) is 4.79 Å². The monoisotopic (exact) mass is 246 g/mol. The summed E-state index contributed by atoms with van der Waals surface area (Å²) in [5, 5.41) is 0.579. The molecule has 2 rings (SSSR count). The van der Waals surface area contributed by atoms with Crippen molar-refractivity contribution in [1.29, 1.82) is 0 Å². The van der Waals surface area contributed by atoms with Gasteiger partial charge in [0.2, 0.25) is 5.91 Å². The van der Waals surface area contributed by atoms with Crippen LogP contribution in [0.5, 0.6) is 11.5 Å². The minimum atomic E-state index is -0.522. The van der Waals surface area contributed by atoms with Crippen LogP contribution in [0.15, 0.2) is 18.2 Å². The van der Waals surface area contributed by atoms with Crippen molar-refractivity contribution < 1.29 is 14.3 Å². The second-order valence-corrected chi connectivity index (χ2v) is 3.87. The van der Waals surface area contributed by atoms with E-state index in [-0.39, 0.29) is 0 Å². The Morgan fingerprint density at radius 1 is 1.22 bits per heavy atom. The molecule has 0 aliphatic heterocycles. The van der Waals surface area contributed by atoms with E-state index >= 15 is 0 Å². The first kappa shape index (κ1) is 12.2. The fourth-order valence-corrected chi connectivity index (χ4v) is 1.93. The number of carbonyl (C=O) groups excluding carboxylic acids is 1. The first-order valence-electron chi connectivity index (χ1n) is 5.40. The van der Waals surface area contributed by atoms with Gasteiger partial charge in [0.1, 0.15) is 17.0 Å². The lowest BCUT2D eigenvalue weighted by Crippen LogP contribution is -2.12. The number of hydrogen-bond donors (Lipinski definition) is 1. The number of carbonyl (C=O) groups is 1. The highest BCUT2D eigenvalue weighted by Crippen LogP contribution is 2.34. The van der Waals surface area contributed by atoms with Crippen LogP contribution in [0.25, 0.3) is 10.9 Å². The van der Waals surface area contributed by atoms with Crippen LogP contribution in [0.3, 0.4) is 0 Å². The van der Waals surface area contributed by atoms with Crippen LogP contribution in [0.2, 0.25) is 0 Å². The normalized spacial score (nSPS) is 10.4. The first-order valence-corrected chi connectivity index (χ1v) is 5.40. The fourth-order valence-electron chi connectivity index (χ4n) is 1.93. The van der Waals surface area contributed by atoms with E-state index in [1.807, 2.05) is 6.92 Å². The lowest BCUT2D eigenvalue weighted by molar-refractivity contribution is 0.100. The van der Waals surface area contributed by atoms with Gasteiger partial charge in [-0.15, -0.1) is 0 Å². The number of pyridine rings is 1. The SMILES string of the molecule is COc1ccc(C(N)=O)c2c(OC)cc(C)nc12. The molecule has 0 saturated carbocycles. The minimum absolute atomic E-state index is 0.371. The van der Waals surface area contributed by atoms with Gasteiger partial charge < -0.3 is 15.2 Å². The van der Waals surface area contributed by atoms with Gasteiger partial charge >= 0.3 is 0 Å². The highest BCUT2D eigenvalue weighted by molar-refractivity contribution is 6.09. The van der Waals surface area contributed by atoms with Crippen molar-refractivity contribution in [3.05, 3.63) is 29.5 Å². The number of fused-ring (bicyclic) bond motifs is 1. The molecule has 1 amide bonds. The maximum Gasteiger partial charge on any atom is 0.249 e. The predicted octanol–water partition coefficient (Wildman–Crippen LogP) is 1.66. The largest absolute Gasteiger partial charge is 0.496 e. The van der Waals surface area contributed by atoms with Crippen molar-refractivity contribution in [3.8, 4) is 11.5 Å². The van der Waals surface area contributed by atoms with Gasteiger partial charge in [0.15, 0.2) is 0 Å². The summed E-state index contributed by atoms with van der Waals surface area (Å²) < 4.78 is 10.5. The third-order valence-electron chi connectivity index (χ3n) is 2.72. The molecule has 0 unspecified atom stereocenters. The van der Waals surface area contributed by atoms with E-state index in [4.69, 9.17) is 15.2 Å². The van der Waals surface area contributed by atoms with Gasteiger partial charge in [-0.05, 0) is 19.1 Å². The molecule has 1 aromatic heterocycles. The summed E-state index contributed by atoms with van der Waals surface area (Å²) in [4.78, 5) is 15.9. The number of aryl methyl sites for hydroxylation is 1. The molecule has 94 valence electrons. The topological polar surface area (TPSA) is 74.4 Å². The van der Waals surface area contributed by atoms with E-state index in [1.165, 1.54) is 0 Å². The zero-order valence-corrected chi connectivity index (χ0v) is 10.5. The second kappa shape index (κ2) is 4.52. The maximum atomic E-state index is 11.5. The van der Waals surface area contributed by atoms with Crippen molar-refractivity contribution in [1.82, 2.24) is 4.98 Å². The number of benzene rings is 1. The summed E-state index contributed by atoms with van der Waals surface area (Å²) in [5.41, 5.74) is 7.09. The summed E-state index contributed by atoms with van der Waals surface area (Å²) in [6, 6.07) is 5.05. The number of nitrogens with zero attached hydrogens (tertiary/aromatic N) is 1. The number of aromatic nitrogens is 1. The van der Waals surface area contributed by atoms with Gasteiger partial charge in [0.25, 0.3) is 0 Å². The maximum absolute atomic E-state index is 11.5. The Balaban J connectivity index is 2.95. The summed E-state index contributed by atoms with van der Waals surface area (Å²) in [7, 11) is 3.09. The smallest absolute Gasteiger partial charge is 0.249 e. The third-order valence-corrected chi connectivity index (χ3v) is 2.72. The van der Waals surface area contributed by atoms with Crippen LogP contribution in [0.1, 0.15) is 16.1 Å². The molecule has 0 aliphatic carbocycles. The molecule has 0 radical (unpaired) electrons. The fraction of sp³-hybridized carbons (Fsp3) is 0.231. The van der Waals surface area contributed by atoms with Crippen molar-refractivity contribution in [2.45, 2.75) is 6.92 Å². The third kappa shape index (κ3) is 1.84. The Hall–Kier alpha value is -2.30. The molecule has 0 atom stereocenters. The van der Waals surface area contributed by atoms with Crippen LogP contribution < -0.4 is 15.2 Å². The van der Waals surface area contributed by atoms with Gasteiger partial charge in [-0.1, -0.05) is 0 Å². The summed E-state index contributed by atoms with van der Waals surface area (Å²) in [6.45, 7) is 1.85. The van der Waals surface area contributed by atoms with E-state index in [2.05, 4.69) is 4.98 Å². The molecule has 0 spiro atoms.